The molecule has 0 aromatic carbocycles. The number of hydrogen-bond acceptors (Lipinski definition) is 1. The molecule has 0 saturated heterocycles. The molecule has 1 nitrogen and oxygen atoms in total. The summed E-state index contributed by atoms with van der Waals surface area (Å²) in [5.74, 6) is 13.5. The van der Waals surface area contributed by atoms with Crippen LogP contribution in [0.3, 0.4) is 0 Å². The maximum Gasteiger partial charge on any atom is 0.0860 e. The van der Waals surface area contributed by atoms with Gasteiger partial charge >= 0.3 is 0 Å². The zero-order valence-corrected chi connectivity index (χ0v) is 14.3. The molecule has 0 N–H and O–H groups in total. The van der Waals surface area contributed by atoms with Crippen molar-refractivity contribution in [3.63, 3.8) is 0 Å². The van der Waals surface area contributed by atoms with Crippen LogP contribution in [-0.2, 0) is 10.8 Å². The van der Waals surface area contributed by atoms with Gasteiger partial charge in [0.15, 0.2) is 0 Å². The van der Waals surface area contributed by atoms with E-state index in [2.05, 4.69) is 35.8 Å². The highest BCUT2D eigenvalue weighted by Gasteiger charge is 2.01. The molecule has 0 aromatic rings. The highest BCUT2D eigenvalue weighted by Crippen LogP contribution is 2.16. The first-order chi connectivity index (χ1) is 10.8. The molecule has 22 heavy (non-hydrogen) atoms. The Morgan fingerprint density at radius 1 is 0.773 bits per heavy atom. The zero-order valence-electron chi connectivity index (χ0n) is 13.5. The van der Waals surface area contributed by atoms with Gasteiger partial charge in [-0.3, -0.25) is 4.21 Å². The van der Waals surface area contributed by atoms with Gasteiger partial charge in [-0.2, -0.15) is 0 Å². The van der Waals surface area contributed by atoms with E-state index >= 15 is 0 Å². The van der Waals surface area contributed by atoms with Crippen LogP contribution in [0, 0.1) is 23.7 Å². The summed E-state index contributed by atoms with van der Waals surface area (Å²) in [7, 11) is -0.939. The Balaban J connectivity index is 1.74. The second kappa shape index (κ2) is 10.5. The van der Waals surface area contributed by atoms with Crippen molar-refractivity contribution in [3.05, 3.63) is 23.3 Å². The monoisotopic (exact) mass is 314 g/mol. The highest BCUT2D eigenvalue weighted by atomic mass is 32.2. The minimum atomic E-state index is -0.939. The van der Waals surface area contributed by atoms with Gasteiger partial charge in [0.1, 0.15) is 0 Å². The summed E-state index contributed by atoms with van der Waals surface area (Å²) in [4.78, 5) is 0. The van der Waals surface area contributed by atoms with E-state index in [0.29, 0.717) is 11.5 Å². The first kappa shape index (κ1) is 17.1. The minimum absolute atomic E-state index is 0.449. The van der Waals surface area contributed by atoms with Crippen LogP contribution in [0.4, 0.5) is 0 Å². The Labute approximate surface area is 138 Å². The molecule has 0 aromatic heterocycles. The molecule has 2 aliphatic rings. The van der Waals surface area contributed by atoms with Gasteiger partial charge in [0.25, 0.3) is 0 Å². The van der Waals surface area contributed by atoms with Gasteiger partial charge in [-0.25, -0.2) is 0 Å². The van der Waals surface area contributed by atoms with Gasteiger partial charge < -0.3 is 0 Å². The normalized spacial score (nSPS) is 18.8. The van der Waals surface area contributed by atoms with Crippen LogP contribution in [0.15, 0.2) is 23.3 Å². The summed E-state index contributed by atoms with van der Waals surface area (Å²) in [6, 6.07) is 0. The van der Waals surface area contributed by atoms with Crippen molar-refractivity contribution in [1.82, 2.24) is 0 Å². The van der Waals surface area contributed by atoms with E-state index in [0.717, 1.165) is 25.7 Å². The van der Waals surface area contributed by atoms with Crippen molar-refractivity contribution in [2.45, 2.75) is 64.2 Å². The van der Waals surface area contributed by atoms with Crippen LogP contribution in [0.2, 0.25) is 0 Å². The summed E-state index contributed by atoms with van der Waals surface area (Å²) < 4.78 is 11.9. The standard InChI is InChI=1S/C20H26OS/c21-22(17-9-15-19-11-5-1-2-6-12-19)18-10-16-20-13-7-3-4-8-14-20/h11,13H,1-8,12,14,17-18H2. The molecule has 0 saturated carbocycles. The maximum atomic E-state index is 11.9. The Morgan fingerprint density at radius 3 is 1.77 bits per heavy atom. The van der Waals surface area contributed by atoms with E-state index in [9.17, 15) is 4.21 Å². The Kier molecular flexibility index (Phi) is 8.14. The average Bonchev–Trinajstić information content (AvgIpc) is 2.92. The molecule has 0 atom stereocenters. The Hall–Kier alpha value is -1.25. The van der Waals surface area contributed by atoms with Crippen molar-refractivity contribution >= 4 is 10.8 Å². The smallest absolute Gasteiger partial charge is 0.0860 e. The maximum absolute atomic E-state index is 11.9. The van der Waals surface area contributed by atoms with E-state index in [-0.39, 0.29) is 0 Å². The lowest BCUT2D eigenvalue weighted by Crippen LogP contribution is -1.98. The van der Waals surface area contributed by atoms with Crippen LogP contribution < -0.4 is 0 Å². The lowest BCUT2D eigenvalue weighted by molar-refractivity contribution is 0.687. The summed E-state index contributed by atoms with van der Waals surface area (Å²) in [5, 5.41) is 0. The SMILES string of the molecule is O=S(CC#CC1=CCCCCC1)CC#CC1=CCCCCC1. The summed E-state index contributed by atoms with van der Waals surface area (Å²) in [5.41, 5.74) is 2.48. The lowest BCUT2D eigenvalue weighted by atomic mass is 10.1. The summed E-state index contributed by atoms with van der Waals surface area (Å²) in [6.07, 6.45) is 16.6. The number of allylic oxidation sites excluding steroid dienone is 4. The molecule has 0 spiro atoms. The van der Waals surface area contributed by atoms with Gasteiger partial charge in [-0.15, -0.1) is 0 Å². The van der Waals surface area contributed by atoms with Gasteiger partial charge in [0.2, 0.25) is 0 Å². The van der Waals surface area contributed by atoms with Crippen molar-refractivity contribution in [1.29, 1.82) is 0 Å². The van der Waals surface area contributed by atoms with Crippen molar-refractivity contribution < 1.29 is 4.21 Å². The van der Waals surface area contributed by atoms with E-state index in [1.165, 1.54) is 49.7 Å². The Morgan fingerprint density at radius 2 is 1.27 bits per heavy atom. The predicted octanol–water partition coefficient (Wildman–Crippen LogP) is 4.52. The first-order valence-corrected chi connectivity index (χ1v) is 10.0. The molecule has 118 valence electrons. The number of hydrogen-bond donors (Lipinski definition) is 0. The topological polar surface area (TPSA) is 17.1 Å². The molecule has 0 bridgehead atoms. The quantitative estimate of drug-likeness (QED) is 0.685. The molecule has 0 unspecified atom stereocenters. The van der Waals surface area contributed by atoms with Crippen LogP contribution in [-0.4, -0.2) is 15.7 Å². The molecule has 2 heteroatoms. The second-order valence-corrected chi connectivity index (χ2v) is 7.45. The molecule has 0 amide bonds. The molecular formula is C20H26OS. The number of rotatable bonds is 2. The van der Waals surface area contributed by atoms with E-state index in [4.69, 9.17) is 0 Å². The van der Waals surface area contributed by atoms with Crippen molar-refractivity contribution in [2.75, 3.05) is 11.5 Å². The van der Waals surface area contributed by atoms with E-state index in [1.54, 1.807) is 0 Å². The van der Waals surface area contributed by atoms with E-state index in [1.807, 2.05) is 0 Å². The fourth-order valence-electron chi connectivity index (χ4n) is 2.77. The third-order valence-corrected chi connectivity index (χ3v) is 4.98. The van der Waals surface area contributed by atoms with Gasteiger partial charge in [0, 0.05) is 10.8 Å². The summed E-state index contributed by atoms with van der Waals surface area (Å²) >= 11 is 0. The van der Waals surface area contributed by atoms with Crippen LogP contribution in [0.25, 0.3) is 0 Å². The fourth-order valence-corrected chi connectivity index (χ4v) is 3.34. The van der Waals surface area contributed by atoms with Crippen molar-refractivity contribution in [3.8, 4) is 23.7 Å². The molecule has 0 radical (unpaired) electrons. The molecule has 2 aliphatic carbocycles. The third kappa shape index (κ3) is 7.15. The summed E-state index contributed by atoms with van der Waals surface area (Å²) in [6.45, 7) is 0. The molecule has 0 heterocycles. The lowest BCUT2D eigenvalue weighted by Gasteiger charge is -1.94. The van der Waals surface area contributed by atoms with Crippen LogP contribution in [0.1, 0.15) is 64.2 Å². The molecular weight excluding hydrogens is 288 g/mol. The largest absolute Gasteiger partial charge is 0.258 e. The average molecular weight is 314 g/mol. The minimum Gasteiger partial charge on any atom is -0.258 e. The van der Waals surface area contributed by atoms with Crippen LogP contribution >= 0.6 is 0 Å². The predicted molar refractivity (Wildman–Crippen MR) is 95.8 cm³/mol. The first-order valence-electron chi connectivity index (χ1n) is 8.55. The second-order valence-electron chi connectivity index (χ2n) is 5.99. The zero-order chi connectivity index (χ0) is 15.5. The Bertz CT molecular complexity index is 510. The third-order valence-electron chi connectivity index (χ3n) is 4.05. The fraction of sp³-hybridized carbons (Fsp3) is 0.600. The molecule has 0 aliphatic heterocycles. The van der Waals surface area contributed by atoms with E-state index < -0.39 is 10.8 Å². The van der Waals surface area contributed by atoms with Gasteiger partial charge in [0.05, 0.1) is 11.5 Å². The molecule has 2 rings (SSSR count). The van der Waals surface area contributed by atoms with Crippen LogP contribution in [0.5, 0.6) is 0 Å². The van der Waals surface area contributed by atoms with Gasteiger partial charge in [-0.1, -0.05) is 48.7 Å². The molecule has 0 fully saturated rings. The highest BCUT2D eigenvalue weighted by molar-refractivity contribution is 7.85. The van der Waals surface area contributed by atoms with Crippen molar-refractivity contribution in [2.24, 2.45) is 0 Å². The van der Waals surface area contributed by atoms with Gasteiger partial charge in [-0.05, 0) is 62.5 Å².